The number of likely N-dealkylation sites (N-methyl/N-ethyl adjacent to an activating group) is 1. The Kier molecular flexibility index (Phi) is 4.87. The van der Waals surface area contributed by atoms with E-state index in [0.29, 0.717) is 6.04 Å². The SMILES string of the molecule is CNCC1COCCN1c1ccc(OC)c(OC)c1. The van der Waals surface area contributed by atoms with Crippen LogP contribution >= 0.6 is 0 Å². The van der Waals surface area contributed by atoms with E-state index in [1.165, 1.54) is 0 Å². The molecule has 0 radical (unpaired) electrons. The van der Waals surface area contributed by atoms with E-state index in [4.69, 9.17) is 14.2 Å². The molecule has 1 heterocycles. The summed E-state index contributed by atoms with van der Waals surface area (Å²) in [5.41, 5.74) is 1.14. The van der Waals surface area contributed by atoms with Crippen molar-refractivity contribution in [3.8, 4) is 11.5 Å². The van der Waals surface area contributed by atoms with E-state index in [1.807, 2.05) is 19.2 Å². The highest BCUT2D eigenvalue weighted by Gasteiger charge is 2.23. The van der Waals surface area contributed by atoms with Crippen molar-refractivity contribution in [3.05, 3.63) is 18.2 Å². The molecular formula is C14H22N2O3. The van der Waals surface area contributed by atoms with E-state index in [-0.39, 0.29) is 0 Å². The molecule has 106 valence electrons. The van der Waals surface area contributed by atoms with Gasteiger partial charge in [0, 0.05) is 24.8 Å². The van der Waals surface area contributed by atoms with E-state index in [1.54, 1.807) is 14.2 Å². The molecule has 1 aliphatic rings. The Labute approximate surface area is 114 Å². The van der Waals surface area contributed by atoms with Crippen molar-refractivity contribution in [2.75, 3.05) is 52.5 Å². The van der Waals surface area contributed by atoms with Gasteiger partial charge in [-0.05, 0) is 19.2 Å². The van der Waals surface area contributed by atoms with Crippen molar-refractivity contribution in [2.45, 2.75) is 6.04 Å². The monoisotopic (exact) mass is 266 g/mol. The second-order valence-electron chi connectivity index (χ2n) is 4.52. The predicted molar refractivity (Wildman–Crippen MR) is 75.4 cm³/mol. The highest BCUT2D eigenvalue weighted by molar-refractivity contribution is 5.57. The van der Waals surface area contributed by atoms with Crippen molar-refractivity contribution in [2.24, 2.45) is 0 Å². The Hall–Kier alpha value is -1.46. The molecule has 1 unspecified atom stereocenters. The van der Waals surface area contributed by atoms with Gasteiger partial charge in [0.25, 0.3) is 0 Å². The second-order valence-corrected chi connectivity index (χ2v) is 4.52. The molecule has 0 spiro atoms. The summed E-state index contributed by atoms with van der Waals surface area (Å²) in [5.74, 6) is 1.51. The second kappa shape index (κ2) is 6.63. The first-order chi connectivity index (χ1) is 9.30. The number of nitrogens with one attached hydrogen (secondary N) is 1. The number of benzene rings is 1. The molecule has 0 bridgehead atoms. The van der Waals surface area contributed by atoms with Crippen LogP contribution in [-0.4, -0.2) is 53.6 Å². The van der Waals surface area contributed by atoms with Gasteiger partial charge in [-0.2, -0.15) is 0 Å². The summed E-state index contributed by atoms with van der Waals surface area (Å²) in [6, 6.07) is 6.37. The predicted octanol–water partition coefficient (Wildman–Crippen LogP) is 1.13. The first-order valence-corrected chi connectivity index (χ1v) is 6.51. The first kappa shape index (κ1) is 14.0. The fraction of sp³-hybridized carbons (Fsp3) is 0.571. The average molecular weight is 266 g/mol. The lowest BCUT2D eigenvalue weighted by atomic mass is 10.1. The van der Waals surface area contributed by atoms with E-state index in [0.717, 1.165) is 43.5 Å². The van der Waals surface area contributed by atoms with Gasteiger partial charge in [-0.25, -0.2) is 0 Å². The number of rotatable bonds is 5. The summed E-state index contributed by atoms with van der Waals surface area (Å²) in [6.45, 7) is 3.29. The van der Waals surface area contributed by atoms with Gasteiger partial charge in [0.1, 0.15) is 0 Å². The lowest BCUT2D eigenvalue weighted by Gasteiger charge is -2.37. The maximum absolute atomic E-state index is 5.55. The molecule has 1 aromatic carbocycles. The zero-order chi connectivity index (χ0) is 13.7. The summed E-state index contributed by atoms with van der Waals surface area (Å²) in [6.07, 6.45) is 0. The van der Waals surface area contributed by atoms with Gasteiger partial charge in [-0.1, -0.05) is 0 Å². The molecule has 0 amide bonds. The van der Waals surface area contributed by atoms with Crippen molar-refractivity contribution < 1.29 is 14.2 Å². The lowest BCUT2D eigenvalue weighted by Crippen LogP contribution is -2.50. The number of hydrogen-bond donors (Lipinski definition) is 1. The van der Waals surface area contributed by atoms with Gasteiger partial charge in [-0.15, -0.1) is 0 Å². The number of hydrogen-bond acceptors (Lipinski definition) is 5. The van der Waals surface area contributed by atoms with Crippen LogP contribution in [0.3, 0.4) is 0 Å². The van der Waals surface area contributed by atoms with Gasteiger partial charge in [0.15, 0.2) is 11.5 Å². The number of anilines is 1. The normalized spacial score (nSPS) is 19.3. The van der Waals surface area contributed by atoms with Crippen molar-refractivity contribution in [3.63, 3.8) is 0 Å². The van der Waals surface area contributed by atoms with Crippen LogP contribution in [0.1, 0.15) is 0 Å². The zero-order valence-corrected chi connectivity index (χ0v) is 11.8. The number of morpholine rings is 1. The molecule has 0 aliphatic carbocycles. The average Bonchev–Trinajstić information content (AvgIpc) is 2.47. The van der Waals surface area contributed by atoms with Crippen molar-refractivity contribution in [1.82, 2.24) is 5.32 Å². The molecule has 5 nitrogen and oxygen atoms in total. The zero-order valence-electron chi connectivity index (χ0n) is 11.8. The Morgan fingerprint density at radius 1 is 1.32 bits per heavy atom. The van der Waals surface area contributed by atoms with Gasteiger partial charge in [-0.3, -0.25) is 0 Å². The molecule has 1 fully saturated rings. The van der Waals surface area contributed by atoms with Crippen LogP contribution in [-0.2, 0) is 4.74 Å². The molecule has 1 saturated heterocycles. The van der Waals surface area contributed by atoms with Crippen LogP contribution in [0.15, 0.2) is 18.2 Å². The molecule has 19 heavy (non-hydrogen) atoms. The van der Waals surface area contributed by atoms with Crippen LogP contribution in [0.5, 0.6) is 11.5 Å². The number of nitrogens with zero attached hydrogens (tertiary/aromatic N) is 1. The Morgan fingerprint density at radius 2 is 2.11 bits per heavy atom. The van der Waals surface area contributed by atoms with Gasteiger partial charge < -0.3 is 24.4 Å². The smallest absolute Gasteiger partial charge is 0.162 e. The Morgan fingerprint density at radius 3 is 2.79 bits per heavy atom. The highest BCUT2D eigenvalue weighted by atomic mass is 16.5. The van der Waals surface area contributed by atoms with Gasteiger partial charge >= 0.3 is 0 Å². The molecule has 1 aromatic rings. The third-order valence-electron chi connectivity index (χ3n) is 3.37. The number of ether oxygens (including phenoxy) is 3. The highest BCUT2D eigenvalue weighted by Crippen LogP contribution is 2.32. The minimum atomic E-state index is 0.344. The molecule has 1 aliphatic heterocycles. The largest absolute Gasteiger partial charge is 0.493 e. The van der Waals surface area contributed by atoms with Gasteiger partial charge in [0.05, 0.1) is 33.5 Å². The molecular weight excluding hydrogens is 244 g/mol. The minimum absolute atomic E-state index is 0.344. The van der Waals surface area contributed by atoms with E-state index in [2.05, 4.69) is 16.3 Å². The van der Waals surface area contributed by atoms with Crippen LogP contribution in [0.4, 0.5) is 5.69 Å². The Balaban J connectivity index is 2.23. The quantitative estimate of drug-likeness (QED) is 0.865. The van der Waals surface area contributed by atoms with Crippen molar-refractivity contribution >= 4 is 5.69 Å². The fourth-order valence-electron chi connectivity index (χ4n) is 2.40. The maximum Gasteiger partial charge on any atom is 0.162 e. The molecule has 0 saturated carbocycles. The molecule has 0 aromatic heterocycles. The summed E-state index contributed by atoms with van der Waals surface area (Å²) < 4.78 is 16.2. The molecule has 1 atom stereocenters. The third-order valence-corrected chi connectivity index (χ3v) is 3.37. The summed E-state index contributed by atoms with van der Waals surface area (Å²) in [7, 11) is 5.27. The maximum atomic E-state index is 5.55. The molecule has 2 rings (SSSR count). The minimum Gasteiger partial charge on any atom is -0.493 e. The first-order valence-electron chi connectivity index (χ1n) is 6.51. The van der Waals surface area contributed by atoms with Crippen LogP contribution in [0.2, 0.25) is 0 Å². The number of methoxy groups -OCH3 is 2. The topological polar surface area (TPSA) is 43.0 Å². The van der Waals surface area contributed by atoms with Gasteiger partial charge in [0.2, 0.25) is 0 Å². The summed E-state index contributed by atoms with van der Waals surface area (Å²) in [5, 5.41) is 3.21. The lowest BCUT2D eigenvalue weighted by molar-refractivity contribution is 0.0943. The van der Waals surface area contributed by atoms with Crippen LogP contribution < -0.4 is 19.7 Å². The van der Waals surface area contributed by atoms with E-state index < -0.39 is 0 Å². The summed E-state index contributed by atoms with van der Waals surface area (Å²) in [4.78, 5) is 2.35. The van der Waals surface area contributed by atoms with Crippen LogP contribution in [0, 0.1) is 0 Å². The summed E-state index contributed by atoms with van der Waals surface area (Å²) >= 11 is 0. The fourth-order valence-corrected chi connectivity index (χ4v) is 2.40. The van der Waals surface area contributed by atoms with E-state index in [9.17, 15) is 0 Å². The molecule has 1 N–H and O–H groups in total. The standard InChI is InChI=1S/C14H22N2O3/c1-15-9-12-10-19-7-6-16(12)11-4-5-13(17-2)14(8-11)18-3/h4-5,8,12,15H,6-7,9-10H2,1-3H3. The van der Waals surface area contributed by atoms with E-state index >= 15 is 0 Å². The van der Waals surface area contributed by atoms with Crippen LogP contribution in [0.25, 0.3) is 0 Å². The van der Waals surface area contributed by atoms with Crippen molar-refractivity contribution in [1.29, 1.82) is 0 Å². The molecule has 5 heteroatoms. The Bertz CT molecular complexity index is 410. The third kappa shape index (κ3) is 3.11.